The molecule has 1 fully saturated rings. The number of rotatable bonds is 3. The van der Waals surface area contributed by atoms with Crippen LogP contribution in [0.1, 0.15) is 64.5 Å². The molecule has 0 radical (unpaired) electrons. The van der Waals surface area contributed by atoms with Crippen LogP contribution in [0.25, 0.3) is 22.3 Å². The molecule has 1 aliphatic rings. The molecule has 0 bridgehead atoms. The molecule has 2 heterocycles. The van der Waals surface area contributed by atoms with Gasteiger partial charge >= 0.3 is 0 Å². The van der Waals surface area contributed by atoms with Crippen LogP contribution in [0.3, 0.4) is 0 Å². The lowest BCUT2D eigenvalue weighted by atomic mass is 9.71. The Balaban J connectivity index is 1.80. The van der Waals surface area contributed by atoms with Crippen LogP contribution in [0.15, 0.2) is 36.8 Å². The van der Waals surface area contributed by atoms with Gasteiger partial charge in [0.1, 0.15) is 6.33 Å². The van der Waals surface area contributed by atoms with Gasteiger partial charge in [-0.3, -0.25) is 0 Å². The van der Waals surface area contributed by atoms with Crippen LogP contribution < -0.4 is 0 Å². The fourth-order valence-electron chi connectivity index (χ4n) is 4.13. The molecule has 0 aliphatic heterocycles. The molecule has 0 spiro atoms. The maximum Gasteiger partial charge on any atom is 0.162 e. The van der Waals surface area contributed by atoms with Crippen LogP contribution in [0.2, 0.25) is 0 Å². The number of hydrogen-bond donors (Lipinski definition) is 0. The zero-order valence-corrected chi connectivity index (χ0v) is 15.4. The number of hydrogen-bond acceptors (Lipinski definition) is 3. The van der Waals surface area contributed by atoms with Gasteiger partial charge in [0.05, 0.1) is 17.3 Å². The van der Waals surface area contributed by atoms with Crippen molar-refractivity contribution < 1.29 is 0 Å². The van der Waals surface area contributed by atoms with E-state index in [0.29, 0.717) is 5.41 Å². The Morgan fingerprint density at radius 3 is 2.64 bits per heavy atom. The van der Waals surface area contributed by atoms with Gasteiger partial charge in [0.25, 0.3) is 0 Å². The second-order valence-electron chi connectivity index (χ2n) is 7.84. The molecular formula is C21H26N4. The Labute approximate surface area is 149 Å². The summed E-state index contributed by atoms with van der Waals surface area (Å²) in [7, 11) is 0. The van der Waals surface area contributed by atoms with Gasteiger partial charge < -0.3 is 0 Å². The van der Waals surface area contributed by atoms with Crippen LogP contribution in [-0.4, -0.2) is 19.7 Å². The van der Waals surface area contributed by atoms with Gasteiger partial charge in [-0.25, -0.2) is 14.6 Å². The third-order valence-electron chi connectivity index (χ3n) is 5.67. The molecule has 0 N–H and O–H groups in total. The minimum absolute atomic E-state index is 0.285. The van der Waals surface area contributed by atoms with Crippen molar-refractivity contribution in [3.63, 3.8) is 0 Å². The monoisotopic (exact) mass is 334 g/mol. The lowest BCUT2D eigenvalue weighted by Crippen LogP contribution is -2.24. The van der Waals surface area contributed by atoms with Crippen LogP contribution in [0, 0.1) is 0 Å². The van der Waals surface area contributed by atoms with Crippen molar-refractivity contribution in [2.24, 2.45) is 0 Å². The molecule has 1 saturated carbocycles. The van der Waals surface area contributed by atoms with Crippen molar-refractivity contribution in [3.05, 3.63) is 42.4 Å². The predicted octanol–water partition coefficient (Wildman–Crippen LogP) is 5.30. The average Bonchev–Trinajstić information content (AvgIpc) is 3.07. The Bertz CT molecular complexity index is 888. The number of benzene rings is 1. The highest BCUT2D eigenvalue weighted by molar-refractivity contribution is 5.90. The Hall–Kier alpha value is -2.23. The highest BCUT2D eigenvalue weighted by Crippen LogP contribution is 2.40. The SMILES string of the molecule is CC(C)n1ncc2c(-c3cccc(C4(C)CCCCC4)c3)ncnc21. The largest absolute Gasteiger partial charge is 0.245 e. The molecule has 0 unspecified atom stereocenters. The number of aromatic nitrogens is 4. The maximum atomic E-state index is 4.59. The van der Waals surface area contributed by atoms with E-state index < -0.39 is 0 Å². The van der Waals surface area contributed by atoms with Gasteiger partial charge in [0, 0.05) is 11.6 Å². The van der Waals surface area contributed by atoms with E-state index in [1.54, 1.807) is 6.33 Å². The summed E-state index contributed by atoms with van der Waals surface area (Å²) in [5.74, 6) is 0. The zero-order chi connectivity index (χ0) is 17.4. The van der Waals surface area contributed by atoms with E-state index in [0.717, 1.165) is 16.7 Å². The highest BCUT2D eigenvalue weighted by atomic mass is 15.3. The van der Waals surface area contributed by atoms with E-state index in [2.05, 4.69) is 60.1 Å². The summed E-state index contributed by atoms with van der Waals surface area (Å²) in [5.41, 5.74) is 4.79. The maximum absolute atomic E-state index is 4.59. The lowest BCUT2D eigenvalue weighted by Gasteiger charge is -2.34. The van der Waals surface area contributed by atoms with E-state index >= 15 is 0 Å². The topological polar surface area (TPSA) is 43.6 Å². The minimum atomic E-state index is 0.285. The summed E-state index contributed by atoms with van der Waals surface area (Å²) in [4.78, 5) is 9.06. The lowest BCUT2D eigenvalue weighted by molar-refractivity contribution is 0.319. The molecule has 3 aromatic rings. The Morgan fingerprint density at radius 1 is 1.08 bits per heavy atom. The quantitative estimate of drug-likeness (QED) is 0.653. The first-order valence-electron chi connectivity index (χ1n) is 9.38. The predicted molar refractivity (Wildman–Crippen MR) is 102 cm³/mol. The summed E-state index contributed by atoms with van der Waals surface area (Å²) in [6, 6.07) is 9.23. The van der Waals surface area contributed by atoms with Crippen LogP contribution >= 0.6 is 0 Å². The molecule has 4 heteroatoms. The summed E-state index contributed by atoms with van der Waals surface area (Å²) in [6.07, 6.45) is 10.2. The zero-order valence-electron chi connectivity index (χ0n) is 15.4. The van der Waals surface area contributed by atoms with E-state index in [1.165, 1.54) is 43.2 Å². The molecule has 0 atom stereocenters. The van der Waals surface area contributed by atoms with Gasteiger partial charge in [-0.1, -0.05) is 44.4 Å². The van der Waals surface area contributed by atoms with Gasteiger partial charge in [-0.15, -0.1) is 0 Å². The summed E-state index contributed by atoms with van der Waals surface area (Å²) in [6.45, 7) is 6.66. The van der Waals surface area contributed by atoms with E-state index in [4.69, 9.17) is 0 Å². The fraction of sp³-hybridized carbons (Fsp3) is 0.476. The molecule has 1 aliphatic carbocycles. The van der Waals surface area contributed by atoms with Crippen molar-refractivity contribution >= 4 is 11.0 Å². The van der Waals surface area contributed by atoms with Crippen molar-refractivity contribution in [2.75, 3.05) is 0 Å². The normalized spacial score (nSPS) is 17.3. The van der Waals surface area contributed by atoms with Crippen LogP contribution in [0.4, 0.5) is 0 Å². The van der Waals surface area contributed by atoms with Gasteiger partial charge in [0.15, 0.2) is 5.65 Å². The first kappa shape index (κ1) is 16.2. The molecule has 130 valence electrons. The number of fused-ring (bicyclic) bond motifs is 1. The third kappa shape index (κ3) is 2.84. The average molecular weight is 334 g/mol. The Kier molecular flexibility index (Phi) is 4.06. The minimum Gasteiger partial charge on any atom is -0.245 e. The number of nitrogens with zero attached hydrogens (tertiary/aromatic N) is 4. The second-order valence-corrected chi connectivity index (χ2v) is 7.84. The fourth-order valence-corrected chi connectivity index (χ4v) is 4.13. The first-order valence-corrected chi connectivity index (χ1v) is 9.38. The van der Waals surface area contributed by atoms with E-state index in [-0.39, 0.29) is 6.04 Å². The third-order valence-corrected chi connectivity index (χ3v) is 5.67. The standard InChI is InChI=1S/C21H26N4/c1-15(2)25-20-18(13-24-25)19(22-14-23-20)16-8-7-9-17(12-16)21(3)10-5-4-6-11-21/h7-9,12-15H,4-6,10-11H2,1-3H3. The van der Waals surface area contributed by atoms with E-state index in [9.17, 15) is 0 Å². The Morgan fingerprint density at radius 2 is 1.88 bits per heavy atom. The first-order chi connectivity index (χ1) is 12.1. The van der Waals surface area contributed by atoms with Crippen molar-refractivity contribution in [2.45, 2.75) is 64.3 Å². The molecule has 4 nitrogen and oxygen atoms in total. The van der Waals surface area contributed by atoms with E-state index in [1.807, 2.05) is 10.9 Å². The molecule has 1 aromatic carbocycles. The summed E-state index contributed by atoms with van der Waals surface area (Å²) >= 11 is 0. The summed E-state index contributed by atoms with van der Waals surface area (Å²) < 4.78 is 1.97. The molecule has 4 rings (SSSR count). The van der Waals surface area contributed by atoms with Gasteiger partial charge in [-0.2, -0.15) is 5.10 Å². The second kappa shape index (κ2) is 6.25. The van der Waals surface area contributed by atoms with Crippen molar-refractivity contribution in [3.8, 4) is 11.3 Å². The van der Waals surface area contributed by atoms with Gasteiger partial charge in [0.2, 0.25) is 0 Å². The van der Waals surface area contributed by atoms with Crippen LogP contribution in [0.5, 0.6) is 0 Å². The van der Waals surface area contributed by atoms with Gasteiger partial charge in [-0.05, 0) is 43.7 Å². The molecule has 0 amide bonds. The van der Waals surface area contributed by atoms with Crippen molar-refractivity contribution in [1.29, 1.82) is 0 Å². The van der Waals surface area contributed by atoms with Crippen LogP contribution in [-0.2, 0) is 5.41 Å². The molecule has 0 saturated heterocycles. The highest BCUT2D eigenvalue weighted by Gasteiger charge is 2.29. The van der Waals surface area contributed by atoms with Crippen molar-refractivity contribution in [1.82, 2.24) is 19.7 Å². The molecule has 2 aromatic heterocycles. The summed E-state index contributed by atoms with van der Waals surface area (Å²) in [5, 5.41) is 5.55. The molecular weight excluding hydrogens is 308 g/mol. The smallest absolute Gasteiger partial charge is 0.162 e. The molecule has 25 heavy (non-hydrogen) atoms.